The Morgan fingerprint density at radius 3 is 1.63 bits per heavy atom. The molecule has 0 amide bonds. The lowest BCUT2D eigenvalue weighted by molar-refractivity contribution is 0.0591. The van der Waals surface area contributed by atoms with Gasteiger partial charge in [0.25, 0.3) is 12.9 Å². The van der Waals surface area contributed by atoms with Crippen LogP contribution in [0.2, 0.25) is 0 Å². The molecule has 4 aromatic carbocycles. The molecule has 0 heterocycles. The van der Waals surface area contributed by atoms with Crippen molar-refractivity contribution in [3.05, 3.63) is 124 Å². The van der Waals surface area contributed by atoms with Crippen molar-refractivity contribution in [1.82, 2.24) is 0 Å². The average molecular weight is 751 g/mol. The lowest BCUT2D eigenvalue weighted by atomic mass is 9.75. The van der Waals surface area contributed by atoms with Crippen LogP contribution in [0.15, 0.2) is 78.9 Å². The van der Waals surface area contributed by atoms with Crippen molar-refractivity contribution in [1.29, 1.82) is 0 Å². The minimum Gasteiger partial charge on any atom is -0.465 e. The Kier molecular flexibility index (Phi) is 12.1. The van der Waals surface area contributed by atoms with Crippen LogP contribution in [0.4, 0.5) is 26.3 Å². The molecular formula is C44H44F6O4. The van der Waals surface area contributed by atoms with E-state index >= 15 is 0 Å². The van der Waals surface area contributed by atoms with E-state index in [0.717, 1.165) is 67.5 Å². The van der Waals surface area contributed by atoms with E-state index in [1.165, 1.54) is 32.4 Å². The van der Waals surface area contributed by atoms with Crippen molar-refractivity contribution in [2.24, 2.45) is 10.8 Å². The summed E-state index contributed by atoms with van der Waals surface area (Å²) >= 11 is 0. The average Bonchev–Trinajstić information content (AvgIpc) is 3.69. The van der Waals surface area contributed by atoms with Gasteiger partial charge in [-0.15, -0.1) is 0 Å². The number of halogens is 6. The summed E-state index contributed by atoms with van der Waals surface area (Å²) in [5.41, 5.74) is 3.81. The molecule has 1 atom stereocenters. The molecular weight excluding hydrogens is 706 g/mol. The van der Waals surface area contributed by atoms with Crippen molar-refractivity contribution in [2.75, 3.05) is 14.2 Å². The zero-order valence-corrected chi connectivity index (χ0v) is 31.2. The number of esters is 2. The number of benzene rings is 4. The van der Waals surface area contributed by atoms with Crippen LogP contribution in [-0.2, 0) is 9.47 Å². The second-order valence-electron chi connectivity index (χ2n) is 15.1. The minimum atomic E-state index is -2.69. The molecule has 1 saturated carbocycles. The van der Waals surface area contributed by atoms with Gasteiger partial charge in [0.1, 0.15) is 11.6 Å². The van der Waals surface area contributed by atoms with E-state index in [2.05, 4.69) is 33.8 Å². The molecule has 4 aromatic rings. The molecule has 0 bridgehead atoms. The predicted octanol–water partition coefficient (Wildman–Crippen LogP) is 12.9. The van der Waals surface area contributed by atoms with Crippen LogP contribution in [-0.4, -0.2) is 26.2 Å². The zero-order valence-electron chi connectivity index (χ0n) is 31.2. The van der Waals surface area contributed by atoms with E-state index in [1.807, 2.05) is 0 Å². The molecule has 0 spiro atoms. The highest BCUT2D eigenvalue weighted by atomic mass is 19.3. The van der Waals surface area contributed by atoms with Gasteiger partial charge in [-0.3, -0.25) is 0 Å². The molecule has 0 radical (unpaired) electrons. The fraction of sp³-hybridized carbons (Fsp3) is 0.364. The van der Waals surface area contributed by atoms with Gasteiger partial charge >= 0.3 is 11.9 Å². The van der Waals surface area contributed by atoms with Crippen LogP contribution < -0.4 is 0 Å². The highest BCUT2D eigenvalue weighted by molar-refractivity contribution is 5.94. The van der Waals surface area contributed by atoms with E-state index in [1.54, 1.807) is 30.3 Å². The quantitative estimate of drug-likeness (QED) is 0.133. The number of carbonyl (C=O) groups is 2. The third-order valence-electron chi connectivity index (χ3n) is 10.7. The number of hydrogen-bond acceptors (Lipinski definition) is 4. The van der Waals surface area contributed by atoms with Crippen LogP contribution in [0.25, 0.3) is 27.8 Å². The van der Waals surface area contributed by atoms with Crippen LogP contribution in [0.5, 0.6) is 0 Å². The molecule has 0 N–H and O–H groups in total. The molecule has 0 aromatic heterocycles. The largest absolute Gasteiger partial charge is 0.465 e. The van der Waals surface area contributed by atoms with Gasteiger partial charge in [-0.25, -0.2) is 35.9 Å². The van der Waals surface area contributed by atoms with Gasteiger partial charge in [0.05, 0.1) is 25.3 Å². The lowest BCUT2D eigenvalue weighted by Gasteiger charge is -2.29. The SMILES string of the molecule is COC(=O)c1ccc(-c2cc(C(F)F)ccc2F)c(C2=CCCC2(C)C)c1.COC(=O)c1ccc(-c2cc(C(F)F)ccc2F)c(C2CCCC2(C)C)c1. The topological polar surface area (TPSA) is 52.6 Å². The molecule has 0 saturated heterocycles. The first kappa shape index (κ1) is 40.3. The monoisotopic (exact) mass is 750 g/mol. The molecule has 2 aliphatic carbocycles. The second kappa shape index (κ2) is 16.2. The first-order valence-electron chi connectivity index (χ1n) is 17.8. The highest BCUT2D eigenvalue weighted by Crippen LogP contribution is 2.52. The van der Waals surface area contributed by atoms with Crippen molar-refractivity contribution in [3.63, 3.8) is 0 Å². The smallest absolute Gasteiger partial charge is 0.337 e. The molecule has 54 heavy (non-hydrogen) atoms. The van der Waals surface area contributed by atoms with E-state index in [-0.39, 0.29) is 39.0 Å². The van der Waals surface area contributed by atoms with Crippen LogP contribution >= 0.6 is 0 Å². The van der Waals surface area contributed by atoms with E-state index in [4.69, 9.17) is 9.47 Å². The first-order chi connectivity index (χ1) is 25.5. The van der Waals surface area contributed by atoms with Gasteiger partial charge in [-0.1, -0.05) is 64.5 Å². The third kappa shape index (κ3) is 8.43. The molecule has 0 aliphatic heterocycles. The maximum absolute atomic E-state index is 14.6. The van der Waals surface area contributed by atoms with E-state index < -0.39 is 36.4 Å². The fourth-order valence-electron chi connectivity index (χ4n) is 7.72. The van der Waals surface area contributed by atoms with E-state index in [0.29, 0.717) is 27.8 Å². The van der Waals surface area contributed by atoms with Gasteiger partial charge in [-0.2, -0.15) is 0 Å². The van der Waals surface area contributed by atoms with E-state index in [9.17, 15) is 35.9 Å². The number of methoxy groups -OCH3 is 2. The summed E-state index contributed by atoms with van der Waals surface area (Å²) in [5, 5.41) is 0. The number of rotatable bonds is 8. The van der Waals surface area contributed by atoms with Crippen LogP contribution in [0.1, 0.15) is 122 Å². The molecule has 1 fully saturated rings. The Hall–Kier alpha value is -4.86. The number of hydrogen-bond donors (Lipinski definition) is 0. The van der Waals surface area contributed by atoms with Gasteiger partial charge in [0.2, 0.25) is 0 Å². The summed E-state index contributed by atoms with van der Waals surface area (Å²) in [6, 6.07) is 16.4. The van der Waals surface area contributed by atoms with Crippen molar-refractivity contribution >= 4 is 17.5 Å². The standard InChI is InChI=1S/C22H23F3O2.C22H21F3O2/c2*1-22(2)10-4-5-18(22)16-12-14(21(26)27-3)6-8-15(16)17-11-13(20(24)25)7-9-19(17)23/h6-9,11-12,18,20H,4-5,10H2,1-3H3;5-9,11-12,20H,4,10H2,1-3H3. The van der Waals surface area contributed by atoms with Crippen LogP contribution in [0, 0.1) is 22.5 Å². The van der Waals surface area contributed by atoms with Crippen molar-refractivity contribution in [2.45, 2.75) is 78.6 Å². The molecule has 1 unspecified atom stereocenters. The number of allylic oxidation sites excluding steroid dienone is 2. The second-order valence-corrected chi connectivity index (χ2v) is 15.1. The maximum atomic E-state index is 14.6. The minimum absolute atomic E-state index is 0.0275. The summed E-state index contributed by atoms with van der Waals surface area (Å²) in [6.45, 7) is 8.44. The van der Waals surface area contributed by atoms with Crippen molar-refractivity contribution in [3.8, 4) is 22.3 Å². The van der Waals surface area contributed by atoms with Gasteiger partial charge in [-0.05, 0) is 119 Å². The number of carbonyl (C=O) groups excluding carboxylic acids is 2. The van der Waals surface area contributed by atoms with Gasteiger partial charge in [0.15, 0.2) is 0 Å². The molecule has 10 heteroatoms. The molecule has 2 aliphatic rings. The molecule has 4 nitrogen and oxygen atoms in total. The van der Waals surface area contributed by atoms with Gasteiger partial charge < -0.3 is 9.47 Å². The molecule has 6 rings (SSSR count). The van der Waals surface area contributed by atoms with Crippen LogP contribution in [0.3, 0.4) is 0 Å². The van der Waals surface area contributed by atoms with Crippen molar-refractivity contribution < 1.29 is 45.4 Å². The Labute approximate surface area is 312 Å². The predicted molar refractivity (Wildman–Crippen MR) is 198 cm³/mol. The highest BCUT2D eigenvalue weighted by Gasteiger charge is 2.37. The first-order valence-corrected chi connectivity index (χ1v) is 17.8. The Bertz CT molecular complexity index is 2070. The summed E-state index contributed by atoms with van der Waals surface area (Å²) in [4.78, 5) is 24.0. The maximum Gasteiger partial charge on any atom is 0.337 e. The normalized spacial score (nSPS) is 17.2. The zero-order chi connectivity index (χ0) is 39.5. The Balaban J connectivity index is 0.000000208. The number of alkyl halides is 4. The fourth-order valence-corrected chi connectivity index (χ4v) is 7.72. The number of ether oxygens (including phenoxy) is 2. The Morgan fingerprint density at radius 2 is 1.17 bits per heavy atom. The third-order valence-corrected chi connectivity index (χ3v) is 10.7. The summed E-state index contributed by atoms with van der Waals surface area (Å²) in [6.07, 6.45) is 1.43. The lowest BCUT2D eigenvalue weighted by Crippen LogP contribution is -2.17. The summed E-state index contributed by atoms with van der Waals surface area (Å²) in [7, 11) is 2.60. The molecule has 286 valence electrons. The Morgan fingerprint density at radius 1 is 0.648 bits per heavy atom. The summed E-state index contributed by atoms with van der Waals surface area (Å²) in [5.74, 6) is -2.00. The summed E-state index contributed by atoms with van der Waals surface area (Å²) < 4.78 is 91.3. The van der Waals surface area contributed by atoms with Gasteiger partial charge in [0, 0.05) is 22.3 Å².